The lowest BCUT2D eigenvalue weighted by Gasteiger charge is -2.46. The van der Waals surface area contributed by atoms with Crippen molar-refractivity contribution in [3.63, 3.8) is 0 Å². The van der Waals surface area contributed by atoms with Crippen LogP contribution in [0.3, 0.4) is 0 Å². The fourth-order valence-electron chi connectivity index (χ4n) is 2.41. The molecule has 88 valence electrons. The summed E-state index contributed by atoms with van der Waals surface area (Å²) in [5.74, 6) is 1.73. The molecule has 1 aromatic rings. The van der Waals surface area contributed by atoms with Crippen LogP contribution in [-0.2, 0) is 6.42 Å². The van der Waals surface area contributed by atoms with Gasteiger partial charge in [-0.3, -0.25) is 0 Å². The van der Waals surface area contributed by atoms with E-state index in [1.807, 2.05) is 6.07 Å². The molecule has 1 N–H and O–H groups in total. The van der Waals surface area contributed by atoms with Crippen molar-refractivity contribution in [3.8, 4) is 5.75 Å². The van der Waals surface area contributed by atoms with E-state index in [9.17, 15) is 0 Å². The van der Waals surface area contributed by atoms with E-state index in [0.29, 0.717) is 11.3 Å². The lowest BCUT2D eigenvalue weighted by molar-refractivity contribution is 0.0985. The normalized spacial score (nSPS) is 18.2. The maximum atomic E-state index is 5.42. The molecule has 1 aromatic carbocycles. The molecular weight excluding hydrogens is 198 g/mol. The van der Waals surface area contributed by atoms with Gasteiger partial charge in [-0.25, -0.2) is 0 Å². The Morgan fingerprint density at radius 2 is 2.00 bits per heavy atom. The van der Waals surface area contributed by atoms with E-state index in [2.05, 4.69) is 37.4 Å². The van der Waals surface area contributed by atoms with Crippen LogP contribution >= 0.6 is 0 Å². The minimum atomic E-state index is 0.425. The monoisotopic (exact) mass is 219 g/mol. The third kappa shape index (κ3) is 1.94. The SMILES string of the molecule is COc1ccccc1CC1(C(C)C)CNC1. The number of methoxy groups -OCH3 is 1. The minimum absolute atomic E-state index is 0.425. The molecule has 0 saturated carbocycles. The zero-order chi connectivity index (χ0) is 11.6. The molecule has 0 radical (unpaired) electrons. The Morgan fingerprint density at radius 3 is 2.50 bits per heavy atom. The van der Waals surface area contributed by atoms with Gasteiger partial charge in [-0.2, -0.15) is 0 Å². The quantitative estimate of drug-likeness (QED) is 0.840. The van der Waals surface area contributed by atoms with Crippen LogP contribution < -0.4 is 10.1 Å². The first-order chi connectivity index (χ1) is 7.68. The van der Waals surface area contributed by atoms with Gasteiger partial charge in [0.05, 0.1) is 7.11 Å². The van der Waals surface area contributed by atoms with Crippen LogP contribution in [0.1, 0.15) is 19.4 Å². The molecule has 16 heavy (non-hydrogen) atoms. The lowest BCUT2D eigenvalue weighted by Crippen LogP contribution is -2.57. The van der Waals surface area contributed by atoms with Gasteiger partial charge >= 0.3 is 0 Å². The van der Waals surface area contributed by atoms with Gasteiger partial charge in [-0.1, -0.05) is 32.0 Å². The van der Waals surface area contributed by atoms with Crippen molar-refractivity contribution in [1.82, 2.24) is 5.32 Å². The second-order valence-corrected chi connectivity index (χ2v) is 5.11. The summed E-state index contributed by atoms with van der Waals surface area (Å²) in [7, 11) is 1.75. The first-order valence-electron chi connectivity index (χ1n) is 6.00. The standard InChI is InChI=1S/C14H21NO/c1-11(2)14(9-15-10-14)8-12-6-4-5-7-13(12)16-3/h4-7,11,15H,8-10H2,1-3H3. The summed E-state index contributed by atoms with van der Waals surface area (Å²) < 4.78 is 5.42. The predicted molar refractivity (Wildman–Crippen MR) is 66.8 cm³/mol. The van der Waals surface area contributed by atoms with Crippen LogP contribution in [-0.4, -0.2) is 20.2 Å². The van der Waals surface area contributed by atoms with Crippen molar-refractivity contribution >= 4 is 0 Å². The fraction of sp³-hybridized carbons (Fsp3) is 0.571. The minimum Gasteiger partial charge on any atom is -0.496 e. The van der Waals surface area contributed by atoms with Gasteiger partial charge in [0.15, 0.2) is 0 Å². The first kappa shape index (κ1) is 11.5. The molecule has 0 atom stereocenters. The Balaban J connectivity index is 2.19. The zero-order valence-corrected chi connectivity index (χ0v) is 10.4. The van der Waals surface area contributed by atoms with Gasteiger partial charge in [-0.15, -0.1) is 0 Å². The highest BCUT2D eigenvalue weighted by Crippen LogP contribution is 2.37. The van der Waals surface area contributed by atoms with Crippen LogP contribution in [0.5, 0.6) is 5.75 Å². The molecule has 1 fully saturated rings. The molecule has 1 saturated heterocycles. The Labute approximate surface area is 98.0 Å². The van der Waals surface area contributed by atoms with Crippen LogP contribution in [0.4, 0.5) is 0 Å². The summed E-state index contributed by atoms with van der Waals surface area (Å²) in [4.78, 5) is 0. The summed E-state index contributed by atoms with van der Waals surface area (Å²) in [5, 5.41) is 3.40. The van der Waals surface area contributed by atoms with Crippen molar-refractivity contribution in [3.05, 3.63) is 29.8 Å². The second kappa shape index (κ2) is 4.46. The lowest BCUT2D eigenvalue weighted by atomic mass is 9.68. The fourth-order valence-corrected chi connectivity index (χ4v) is 2.41. The second-order valence-electron chi connectivity index (χ2n) is 5.11. The maximum absolute atomic E-state index is 5.42. The van der Waals surface area contributed by atoms with Gasteiger partial charge < -0.3 is 10.1 Å². The molecule has 2 heteroatoms. The van der Waals surface area contributed by atoms with Gasteiger partial charge in [0.2, 0.25) is 0 Å². The summed E-state index contributed by atoms with van der Waals surface area (Å²) in [6, 6.07) is 8.36. The van der Waals surface area contributed by atoms with E-state index in [4.69, 9.17) is 4.74 Å². The van der Waals surface area contributed by atoms with Crippen LogP contribution in [0.15, 0.2) is 24.3 Å². The largest absolute Gasteiger partial charge is 0.496 e. The number of ether oxygens (including phenoxy) is 1. The molecule has 0 amide bonds. The average molecular weight is 219 g/mol. The Kier molecular flexibility index (Phi) is 3.20. The Bertz CT molecular complexity index is 356. The van der Waals surface area contributed by atoms with E-state index in [1.165, 1.54) is 5.56 Å². The molecule has 0 spiro atoms. The zero-order valence-electron chi connectivity index (χ0n) is 10.4. The summed E-state index contributed by atoms with van der Waals surface area (Å²) in [6.07, 6.45) is 1.11. The predicted octanol–water partition coefficient (Wildman–Crippen LogP) is 2.48. The van der Waals surface area contributed by atoms with E-state index < -0.39 is 0 Å². The van der Waals surface area contributed by atoms with Crippen LogP contribution in [0, 0.1) is 11.3 Å². The topological polar surface area (TPSA) is 21.3 Å². The van der Waals surface area contributed by atoms with Gasteiger partial charge in [0.25, 0.3) is 0 Å². The number of benzene rings is 1. The van der Waals surface area contributed by atoms with Gasteiger partial charge in [-0.05, 0) is 24.0 Å². The number of hydrogen-bond donors (Lipinski definition) is 1. The molecule has 1 aliphatic heterocycles. The van der Waals surface area contributed by atoms with Crippen molar-refractivity contribution in [1.29, 1.82) is 0 Å². The molecule has 1 heterocycles. The third-order valence-corrected chi connectivity index (χ3v) is 3.91. The molecular formula is C14H21NO. The van der Waals surface area contributed by atoms with Crippen molar-refractivity contribution in [2.45, 2.75) is 20.3 Å². The highest BCUT2D eigenvalue weighted by atomic mass is 16.5. The molecule has 0 bridgehead atoms. The number of rotatable bonds is 4. The average Bonchev–Trinajstić information content (AvgIpc) is 2.23. The van der Waals surface area contributed by atoms with Crippen molar-refractivity contribution < 1.29 is 4.74 Å². The van der Waals surface area contributed by atoms with E-state index in [-0.39, 0.29) is 0 Å². The van der Waals surface area contributed by atoms with Crippen LogP contribution in [0.25, 0.3) is 0 Å². The Hall–Kier alpha value is -1.02. The van der Waals surface area contributed by atoms with E-state index in [1.54, 1.807) is 7.11 Å². The van der Waals surface area contributed by atoms with Crippen molar-refractivity contribution in [2.24, 2.45) is 11.3 Å². The van der Waals surface area contributed by atoms with Gasteiger partial charge in [0, 0.05) is 18.5 Å². The first-order valence-corrected chi connectivity index (χ1v) is 6.00. The molecule has 0 aliphatic carbocycles. The molecule has 2 nitrogen and oxygen atoms in total. The van der Waals surface area contributed by atoms with E-state index >= 15 is 0 Å². The van der Waals surface area contributed by atoms with Crippen molar-refractivity contribution in [2.75, 3.05) is 20.2 Å². The molecule has 0 unspecified atom stereocenters. The van der Waals surface area contributed by atoms with E-state index in [0.717, 1.165) is 25.3 Å². The molecule has 1 aliphatic rings. The summed E-state index contributed by atoms with van der Waals surface area (Å²) in [5.41, 5.74) is 1.76. The van der Waals surface area contributed by atoms with Gasteiger partial charge in [0.1, 0.15) is 5.75 Å². The number of nitrogens with one attached hydrogen (secondary N) is 1. The number of para-hydroxylation sites is 1. The van der Waals surface area contributed by atoms with Crippen LogP contribution in [0.2, 0.25) is 0 Å². The molecule has 2 rings (SSSR count). The highest BCUT2D eigenvalue weighted by Gasteiger charge is 2.40. The number of hydrogen-bond acceptors (Lipinski definition) is 2. The third-order valence-electron chi connectivity index (χ3n) is 3.91. The highest BCUT2D eigenvalue weighted by molar-refractivity contribution is 5.34. The molecule has 0 aromatic heterocycles. The summed E-state index contributed by atoms with van der Waals surface area (Å²) >= 11 is 0. The maximum Gasteiger partial charge on any atom is 0.122 e. The summed E-state index contributed by atoms with van der Waals surface area (Å²) in [6.45, 7) is 6.89. The Morgan fingerprint density at radius 1 is 1.31 bits per heavy atom. The smallest absolute Gasteiger partial charge is 0.122 e.